The van der Waals surface area contributed by atoms with E-state index in [-0.39, 0.29) is 16.6 Å². The Bertz CT molecular complexity index is 902. The van der Waals surface area contributed by atoms with Gasteiger partial charge in [-0.25, -0.2) is 13.2 Å². The molecule has 0 unspecified atom stereocenters. The largest absolute Gasteiger partial charge is 0.465 e. The van der Waals surface area contributed by atoms with Gasteiger partial charge in [0.1, 0.15) is 0 Å². The summed E-state index contributed by atoms with van der Waals surface area (Å²) in [5.74, 6) is -0.812. The Hall–Kier alpha value is -2.67. The van der Waals surface area contributed by atoms with Crippen LogP contribution in [0.2, 0.25) is 0 Å². The number of aryl methyl sites for hydroxylation is 1. The van der Waals surface area contributed by atoms with Crippen LogP contribution in [0.1, 0.15) is 33.2 Å². The van der Waals surface area contributed by atoms with Gasteiger partial charge in [-0.1, -0.05) is 6.92 Å². The molecule has 25 heavy (non-hydrogen) atoms. The van der Waals surface area contributed by atoms with Crippen LogP contribution in [0.3, 0.4) is 0 Å². The molecule has 0 spiro atoms. The normalized spacial score (nSPS) is 11.0. The van der Waals surface area contributed by atoms with Crippen LogP contribution >= 0.6 is 0 Å². The zero-order valence-electron chi connectivity index (χ0n) is 14.2. The number of anilines is 1. The number of methoxy groups -OCH3 is 1. The van der Waals surface area contributed by atoms with Gasteiger partial charge >= 0.3 is 5.97 Å². The smallest absolute Gasteiger partial charge is 0.337 e. The van der Waals surface area contributed by atoms with Gasteiger partial charge in [-0.3, -0.25) is 4.79 Å². The standard InChI is InChI=1S/C18H19NO5S/c1-4-25(22,23)15-8-5-13(6-9-15)17(20)19-16-10-7-14(11-12(16)2)18(21)24-3/h5-11H,4H2,1-3H3,(H,19,20). The van der Waals surface area contributed by atoms with E-state index in [2.05, 4.69) is 10.1 Å². The molecule has 2 aromatic carbocycles. The summed E-state index contributed by atoms with van der Waals surface area (Å²) < 4.78 is 28.2. The van der Waals surface area contributed by atoms with E-state index in [4.69, 9.17) is 0 Å². The average Bonchev–Trinajstić information content (AvgIpc) is 2.62. The van der Waals surface area contributed by atoms with Gasteiger partial charge in [0.25, 0.3) is 5.91 Å². The van der Waals surface area contributed by atoms with Crippen molar-refractivity contribution in [2.75, 3.05) is 18.2 Å². The Morgan fingerprint density at radius 1 is 1.04 bits per heavy atom. The minimum Gasteiger partial charge on any atom is -0.465 e. The predicted octanol–water partition coefficient (Wildman–Crippen LogP) is 2.83. The molecule has 0 saturated heterocycles. The van der Waals surface area contributed by atoms with Gasteiger partial charge in [-0.05, 0) is 55.0 Å². The van der Waals surface area contributed by atoms with Crippen molar-refractivity contribution in [1.82, 2.24) is 0 Å². The summed E-state index contributed by atoms with van der Waals surface area (Å²) >= 11 is 0. The molecule has 0 atom stereocenters. The van der Waals surface area contributed by atoms with Crippen LogP contribution in [0.15, 0.2) is 47.4 Å². The molecule has 0 fully saturated rings. The van der Waals surface area contributed by atoms with Crippen molar-refractivity contribution in [2.24, 2.45) is 0 Å². The summed E-state index contributed by atoms with van der Waals surface area (Å²) in [4.78, 5) is 24.0. The third kappa shape index (κ3) is 4.24. The van der Waals surface area contributed by atoms with E-state index in [1.807, 2.05) is 0 Å². The van der Waals surface area contributed by atoms with Crippen molar-refractivity contribution in [3.8, 4) is 0 Å². The van der Waals surface area contributed by atoms with E-state index in [0.29, 0.717) is 22.4 Å². The number of amides is 1. The molecule has 1 N–H and O–H groups in total. The Kier molecular flexibility index (Phi) is 5.58. The zero-order chi connectivity index (χ0) is 18.6. The van der Waals surface area contributed by atoms with Gasteiger partial charge in [0, 0.05) is 11.3 Å². The quantitative estimate of drug-likeness (QED) is 0.827. The zero-order valence-corrected chi connectivity index (χ0v) is 15.0. The number of rotatable bonds is 5. The fourth-order valence-electron chi connectivity index (χ4n) is 2.22. The number of carbonyl (C=O) groups excluding carboxylic acids is 2. The Morgan fingerprint density at radius 3 is 2.16 bits per heavy atom. The average molecular weight is 361 g/mol. The molecule has 0 heterocycles. The number of sulfone groups is 1. The fourth-order valence-corrected chi connectivity index (χ4v) is 3.11. The molecule has 132 valence electrons. The molecule has 0 saturated carbocycles. The molecule has 2 rings (SSSR count). The lowest BCUT2D eigenvalue weighted by Crippen LogP contribution is -2.13. The lowest BCUT2D eigenvalue weighted by Gasteiger charge is -2.10. The van der Waals surface area contributed by atoms with Crippen molar-refractivity contribution in [3.63, 3.8) is 0 Å². The van der Waals surface area contributed by atoms with Crippen molar-refractivity contribution in [3.05, 3.63) is 59.2 Å². The highest BCUT2D eigenvalue weighted by molar-refractivity contribution is 7.91. The second-order valence-corrected chi connectivity index (χ2v) is 7.68. The maximum atomic E-state index is 12.3. The van der Waals surface area contributed by atoms with Gasteiger partial charge < -0.3 is 10.1 Å². The van der Waals surface area contributed by atoms with Crippen molar-refractivity contribution in [1.29, 1.82) is 0 Å². The Labute approximate surface area is 146 Å². The molecule has 0 radical (unpaired) electrons. The minimum atomic E-state index is -3.30. The van der Waals surface area contributed by atoms with Crippen LogP contribution in [0.5, 0.6) is 0 Å². The van der Waals surface area contributed by atoms with Gasteiger partial charge in [0.2, 0.25) is 0 Å². The number of hydrogen-bond acceptors (Lipinski definition) is 5. The first kappa shape index (κ1) is 18.7. The van der Waals surface area contributed by atoms with E-state index >= 15 is 0 Å². The van der Waals surface area contributed by atoms with Gasteiger partial charge in [0.05, 0.1) is 23.3 Å². The molecule has 1 amide bonds. The van der Waals surface area contributed by atoms with Crippen LogP contribution in [0, 0.1) is 6.92 Å². The topological polar surface area (TPSA) is 89.5 Å². The highest BCUT2D eigenvalue weighted by atomic mass is 32.2. The van der Waals surface area contributed by atoms with Crippen LogP contribution < -0.4 is 5.32 Å². The first-order valence-corrected chi connectivity index (χ1v) is 9.27. The van der Waals surface area contributed by atoms with E-state index in [9.17, 15) is 18.0 Å². The van der Waals surface area contributed by atoms with Crippen LogP contribution in [0.25, 0.3) is 0 Å². The molecule has 0 aliphatic heterocycles. The van der Waals surface area contributed by atoms with E-state index in [1.54, 1.807) is 32.0 Å². The number of carbonyl (C=O) groups is 2. The van der Waals surface area contributed by atoms with E-state index in [1.165, 1.54) is 31.4 Å². The number of nitrogens with one attached hydrogen (secondary N) is 1. The number of hydrogen-bond donors (Lipinski definition) is 1. The lowest BCUT2D eigenvalue weighted by molar-refractivity contribution is 0.0600. The second kappa shape index (κ2) is 7.48. The maximum Gasteiger partial charge on any atom is 0.337 e. The summed E-state index contributed by atoms with van der Waals surface area (Å²) in [6.45, 7) is 3.33. The minimum absolute atomic E-state index is 0.00425. The summed E-state index contributed by atoms with van der Waals surface area (Å²) in [6, 6.07) is 10.6. The molecular formula is C18H19NO5S. The molecule has 0 bridgehead atoms. The fraction of sp³-hybridized carbons (Fsp3) is 0.222. The molecule has 0 aliphatic rings. The van der Waals surface area contributed by atoms with Crippen molar-refractivity contribution in [2.45, 2.75) is 18.7 Å². The highest BCUT2D eigenvalue weighted by Crippen LogP contribution is 2.19. The molecule has 0 aliphatic carbocycles. The lowest BCUT2D eigenvalue weighted by atomic mass is 10.1. The highest BCUT2D eigenvalue weighted by Gasteiger charge is 2.14. The summed E-state index contributed by atoms with van der Waals surface area (Å²) in [6.07, 6.45) is 0. The van der Waals surface area contributed by atoms with Gasteiger partial charge in [-0.2, -0.15) is 0 Å². The van der Waals surface area contributed by atoms with E-state index < -0.39 is 15.8 Å². The van der Waals surface area contributed by atoms with Crippen LogP contribution in [-0.4, -0.2) is 33.2 Å². The summed E-state index contributed by atoms with van der Waals surface area (Å²) in [5, 5.41) is 2.74. The monoisotopic (exact) mass is 361 g/mol. The SMILES string of the molecule is CCS(=O)(=O)c1ccc(C(=O)Nc2ccc(C(=O)OC)cc2C)cc1. The van der Waals surface area contributed by atoms with Gasteiger partial charge in [0.15, 0.2) is 9.84 Å². The van der Waals surface area contributed by atoms with Crippen LogP contribution in [0.4, 0.5) is 5.69 Å². The summed E-state index contributed by atoms with van der Waals surface area (Å²) in [7, 11) is -2.00. The predicted molar refractivity (Wildman–Crippen MR) is 94.6 cm³/mol. The van der Waals surface area contributed by atoms with Crippen molar-refractivity contribution >= 4 is 27.4 Å². The number of esters is 1. The molecule has 2 aromatic rings. The number of ether oxygens (including phenoxy) is 1. The molecule has 0 aromatic heterocycles. The van der Waals surface area contributed by atoms with Crippen molar-refractivity contribution < 1.29 is 22.7 Å². The first-order valence-electron chi connectivity index (χ1n) is 7.61. The molecule has 6 nitrogen and oxygen atoms in total. The van der Waals surface area contributed by atoms with Gasteiger partial charge in [-0.15, -0.1) is 0 Å². The summed E-state index contributed by atoms with van der Waals surface area (Å²) in [5.41, 5.74) is 2.00. The third-order valence-electron chi connectivity index (χ3n) is 3.75. The Morgan fingerprint density at radius 2 is 1.64 bits per heavy atom. The maximum absolute atomic E-state index is 12.3. The first-order chi connectivity index (χ1) is 11.8. The van der Waals surface area contributed by atoms with E-state index in [0.717, 1.165) is 0 Å². The third-order valence-corrected chi connectivity index (χ3v) is 5.50. The molecular weight excluding hydrogens is 342 g/mol. The van der Waals surface area contributed by atoms with Crippen LogP contribution in [-0.2, 0) is 14.6 Å². The second-order valence-electron chi connectivity index (χ2n) is 5.40. The Balaban J connectivity index is 2.18. The molecule has 7 heteroatoms. The number of benzene rings is 2.